The van der Waals surface area contributed by atoms with Crippen LogP contribution in [0.25, 0.3) is 10.9 Å². The monoisotopic (exact) mass is 460 g/mol. The Hall–Kier alpha value is -2.84. The van der Waals surface area contributed by atoms with Gasteiger partial charge in [0, 0.05) is 30.2 Å². The molecule has 3 rings (SSSR count). The van der Waals surface area contributed by atoms with E-state index in [1.54, 1.807) is 6.07 Å². The van der Waals surface area contributed by atoms with Gasteiger partial charge in [0.25, 0.3) is 0 Å². The lowest BCUT2D eigenvalue weighted by Crippen LogP contribution is -2.45. The highest BCUT2D eigenvalue weighted by molar-refractivity contribution is 6.29. The van der Waals surface area contributed by atoms with Crippen molar-refractivity contribution in [2.75, 3.05) is 39.6 Å². The van der Waals surface area contributed by atoms with Crippen molar-refractivity contribution in [2.45, 2.75) is 25.3 Å². The van der Waals surface area contributed by atoms with Crippen molar-refractivity contribution < 1.29 is 19.1 Å². The van der Waals surface area contributed by atoms with Gasteiger partial charge in [-0.3, -0.25) is 4.79 Å². The molecule has 1 aromatic carbocycles. The summed E-state index contributed by atoms with van der Waals surface area (Å²) < 4.78 is 8.54. The van der Waals surface area contributed by atoms with E-state index >= 15 is 0 Å². The number of anilines is 1. The number of carboxylic acid groups (broad SMARTS) is 1. The maximum atomic E-state index is 11.3. The Morgan fingerprint density at radius 3 is 2.78 bits per heavy atom. The lowest BCUT2D eigenvalue weighted by atomic mass is 10.1. The van der Waals surface area contributed by atoms with E-state index in [4.69, 9.17) is 16.3 Å². The van der Waals surface area contributed by atoms with Crippen LogP contribution in [0.1, 0.15) is 18.4 Å². The summed E-state index contributed by atoms with van der Waals surface area (Å²) in [5, 5.41) is 13.8. The number of nitrogens with one attached hydrogen (secondary N) is 1. The van der Waals surface area contributed by atoms with Gasteiger partial charge in [0.1, 0.15) is 5.15 Å². The third-order valence-electron chi connectivity index (χ3n) is 5.05. The Morgan fingerprint density at radius 2 is 2.06 bits per heavy atom. The second-order valence-corrected chi connectivity index (χ2v) is 9.38. The number of aryl methyl sites for hydroxylation is 2. The number of benzene rings is 1. The number of nitrogens with zero attached hydrogens (tertiary/aromatic N) is 4. The average Bonchev–Trinajstić information content (AvgIpc) is 3.05. The molecule has 32 heavy (non-hydrogen) atoms. The van der Waals surface area contributed by atoms with Crippen molar-refractivity contribution >= 4 is 34.4 Å². The predicted molar refractivity (Wildman–Crippen MR) is 126 cm³/mol. The van der Waals surface area contributed by atoms with Crippen LogP contribution in [-0.2, 0) is 18.3 Å². The topological polar surface area (TPSA) is 89.3 Å². The quantitative estimate of drug-likeness (QED) is 0.258. The van der Waals surface area contributed by atoms with Crippen LogP contribution in [0.4, 0.5) is 5.95 Å². The number of rotatable bonds is 11. The molecule has 1 unspecified atom stereocenters. The van der Waals surface area contributed by atoms with Crippen LogP contribution in [0.15, 0.2) is 36.5 Å². The van der Waals surface area contributed by atoms with Gasteiger partial charge < -0.3 is 24.2 Å². The Kier molecular flexibility index (Phi) is 7.58. The molecule has 9 heteroatoms. The summed E-state index contributed by atoms with van der Waals surface area (Å²) in [7, 11) is 8.04. The lowest BCUT2D eigenvalue weighted by molar-refractivity contribution is -0.870. The number of fused-ring (bicyclic) bond motifs is 1. The second kappa shape index (κ2) is 10.2. The van der Waals surface area contributed by atoms with E-state index < -0.39 is 5.97 Å². The van der Waals surface area contributed by atoms with Crippen molar-refractivity contribution in [1.29, 1.82) is 0 Å². The van der Waals surface area contributed by atoms with Crippen LogP contribution in [-0.4, -0.2) is 70.4 Å². The molecule has 8 nitrogen and oxygen atoms in total. The molecule has 1 atom stereocenters. The fraction of sp³-hybridized carbons (Fsp3) is 0.435. The van der Waals surface area contributed by atoms with Gasteiger partial charge in [0.2, 0.25) is 11.8 Å². The van der Waals surface area contributed by atoms with Crippen molar-refractivity contribution in [3.63, 3.8) is 0 Å². The number of hydrogen-bond donors (Lipinski definition) is 2. The zero-order chi connectivity index (χ0) is 23.3. The van der Waals surface area contributed by atoms with Gasteiger partial charge in [-0.05, 0) is 30.5 Å². The van der Waals surface area contributed by atoms with E-state index in [1.165, 1.54) is 16.5 Å². The number of aliphatic carboxylic acids is 1. The van der Waals surface area contributed by atoms with E-state index in [0.29, 0.717) is 23.5 Å². The van der Waals surface area contributed by atoms with Gasteiger partial charge in [-0.2, -0.15) is 4.98 Å². The molecule has 0 aliphatic rings. The SMILES string of the molecule is Cn1ccc2c(CCCOc3cc(Cl)nc(NC(CC(=O)O)C[N+](C)(C)C)n3)cccc21. The molecule has 2 heterocycles. The van der Waals surface area contributed by atoms with Gasteiger partial charge >= 0.3 is 5.97 Å². The summed E-state index contributed by atoms with van der Waals surface area (Å²) in [6, 6.07) is 9.69. The molecular formula is C23H31ClN5O3+. The highest BCUT2D eigenvalue weighted by Crippen LogP contribution is 2.22. The zero-order valence-electron chi connectivity index (χ0n) is 19.0. The summed E-state index contributed by atoms with van der Waals surface area (Å²) in [4.78, 5) is 19.8. The van der Waals surface area contributed by atoms with Crippen molar-refractivity contribution in [3.8, 4) is 5.88 Å². The Balaban J connectivity index is 1.60. The Morgan fingerprint density at radius 1 is 1.28 bits per heavy atom. The summed E-state index contributed by atoms with van der Waals surface area (Å²) >= 11 is 6.15. The largest absolute Gasteiger partial charge is 0.481 e. The maximum absolute atomic E-state index is 11.3. The molecule has 0 fully saturated rings. The molecular weight excluding hydrogens is 430 g/mol. The standard InChI is InChI=1S/C23H30ClN5O3/c1-28-11-10-18-16(7-5-9-19(18)28)8-6-12-32-21-14-20(24)26-23(27-21)25-17(13-22(30)31)15-29(2,3)4/h5,7,9-11,14,17H,6,8,12-13,15H2,1-4H3,(H-,25,26,27,30,31)/p+1. The molecule has 0 radical (unpaired) electrons. The molecule has 2 aromatic heterocycles. The van der Waals surface area contributed by atoms with E-state index in [2.05, 4.69) is 50.3 Å². The number of halogens is 1. The first kappa shape index (κ1) is 23.8. The Labute approximate surface area is 193 Å². The molecule has 2 N–H and O–H groups in total. The minimum absolute atomic E-state index is 0.0490. The van der Waals surface area contributed by atoms with Gasteiger partial charge in [0.15, 0.2) is 0 Å². The number of ether oxygens (including phenoxy) is 1. The van der Waals surface area contributed by atoms with Crippen LogP contribution < -0.4 is 10.1 Å². The number of carboxylic acids is 1. The Bertz CT molecular complexity index is 1080. The molecule has 0 amide bonds. The molecule has 0 saturated carbocycles. The summed E-state index contributed by atoms with van der Waals surface area (Å²) in [6.45, 7) is 1.07. The zero-order valence-corrected chi connectivity index (χ0v) is 19.8. The van der Waals surface area contributed by atoms with E-state index in [-0.39, 0.29) is 23.6 Å². The van der Waals surface area contributed by atoms with Crippen LogP contribution in [0.5, 0.6) is 5.88 Å². The van der Waals surface area contributed by atoms with Crippen LogP contribution in [0.3, 0.4) is 0 Å². The third-order valence-corrected chi connectivity index (χ3v) is 5.25. The maximum Gasteiger partial charge on any atom is 0.305 e. The number of likely N-dealkylation sites (N-methyl/N-ethyl adjacent to an activating group) is 1. The lowest BCUT2D eigenvalue weighted by Gasteiger charge is -2.29. The van der Waals surface area contributed by atoms with Crippen LogP contribution in [0, 0.1) is 0 Å². The van der Waals surface area contributed by atoms with Gasteiger partial charge in [-0.25, -0.2) is 4.98 Å². The molecule has 3 aromatic rings. The van der Waals surface area contributed by atoms with E-state index in [0.717, 1.165) is 12.8 Å². The van der Waals surface area contributed by atoms with Gasteiger partial charge in [-0.1, -0.05) is 23.7 Å². The number of quaternary nitrogens is 1. The smallest absolute Gasteiger partial charge is 0.305 e. The van der Waals surface area contributed by atoms with E-state index in [1.807, 2.05) is 28.2 Å². The predicted octanol–water partition coefficient (Wildman–Crippen LogP) is 3.59. The minimum Gasteiger partial charge on any atom is -0.481 e. The molecule has 0 spiro atoms. The summed E-state index contributed by atoms with van der Waals surface area (Å²) in [5.41, 5.74) is 2.50. The fourth-order valence-electron chi connectivity index (χ4n) is 3.77. The highest BCUT2D eigenvalue weighted by Gasteiger charge is 2.22. The summed E-state index contributed by atoms with van der Waals surface area (Å²) in [5.74, 6) is -0.256. The first-order chi connectivity index (χ1) is 15.1. The molecule has 0 aliphatic heterocycles. The normalized spacial score (nSPS) is 12.7. The fourth-order valence-corrected chi connectivity index (χ4v) is 3.95. The third kappa shape index (κ3) is 6.83. The van der Waals surface area contributed by atoms with Crippen LogP contribution in [0.2, 0.25) is 5.15 Å². The molecule has 0 bridgehead atoms. The molecule has 0 aliphatic carbocycles. The van der Waals surface area contributed by atoms with Crippen LogP contribution >= 0.6 is 11.6 Å². The number of aromatic nitrogens is 3. The highest BCUT2D eigenvalue weighted by atomic mass is 35.5. The number of carbonyl (C=O) groups is 1. The second-order valence-electron chi connectivity index (χ2n) is 8.99. The van der Waals surface area contributed by atoms with Gasteiger partial charge in [0.05, 0.1) is 46.8 Å². The summed E-state index contributed by atoms with van der Waals surface area (Å²) in [6.07, 6.45) is 3.72. The van der Waals surface area contributed by atoms with E-state index in [9.17, 15) is 9.90 Å². The minimum atomic E-state index is -0.886. The first-order valence-corrected chi connectivity index (χ1v) is 11.0. The van der Waals surface area contributed by atoms with Crippen molar-refractivity contribution in [1.82, 2.24) is 14.5 Å². The van der Waals surface area contributed by atoms with Crippen molar-refractivity contribution in [3.05, 3.63) is 47.2 Å². The molecule has 0 saturated heterocycles. The van der Waals surface area contributed by atoms with Gasteiger partial charge in [-0.15, -0.1) is 0 Å². The molecule has 172 valence electrons. The van der Waals surface area contributed by atoms with Crippen molar-refractivity contribution in [2.24, 2.45) is 7.05 Å². The average molecular weight is 461 g/mol. The first-order valence-electron chi connectivity index (χ1n) is 10.6. The number of hydrogen-bond acceptors (Lipinski definition) is 5.